The van der Waals surface area contributed by atoms with Crippen molar-refractivity contribution in [3.05, 3.63) is 28.8 Å². The van der Waals surface area contributed by atoms with E-state index in [0.29, 0.717) is 5.92 Å². The number of rotatable bonds is 7. The molecule has 0 aromatic heterocycles. The van der Waals surface area contributed by atoms with E-state index in [1.54, 1.807) is 7.11 Å². The number of hydrogen-bond donors (Lipinski definition) is 1. The molecule has 2 heteroatoms. The van der Waals surface area contributed by atoms with E-state index in [0.717, 1.165) is 29.7 Å². The molecule has 2 atom stereocenters. The molecular weight excluding hydrogens is 236 g/mol. The summed E-state index contributed by atoms with van der Waals surface area (Å²) in [6.45, 7) is 8.46. The van der Waals surface area contributed by atoms with Gasteiger partial charge in [0.1, 0.15) is 5.75 Å². The van der Waals surface area contributed by atoms with E-state index < -0.39 is 6.10 Å². The van der Waals surface area contributed by atoms with E-state index in [1.807, 2.05) is 6.07 Å². The first-order valence-electron chi connectivity index (χ1n) is 7.38. The molecular formula is C17H28O2. The van der Waals surface area contributed by atoms with Crippen LogP contribution in [0, 0.1) is 19.8 Å². The molecule has 1 aromatic rings. The smallest absolute Gasteiger partial charge is 0.127 e. The van der Waals surface area contributed by atoms with Crippen molar-refractivity contribution in [1.29, 1.82) is 0 Å². The Hall–Kier alpha value is -1.02. The number of unbranched alkanes of at least 4 members (excludes halogenated alkanes) is 1. The molecule has 0 saturated carbocycles. The van der Waals surface area contributed by atoms with Gasteiger partial charge in [0.15, 0.2) is 0 Å². The first kappa shape index (κ1) is 16.0. The number of aryl methyl sites for hydroxylation is 1. The molecule has 19 heavy (non-hydrogen) atoms. The molecule has 2 unspecified atom stereocenters. The number of aliphatic hydroxyl groups excluding tert-OH is 1. The normalized spacial score (nSPS) is 14.2. The average Bonchev–Trinajstić information content (AvgIpc) is 2.42. The van der Waals surface area contributed by atoms with Crippen LogP contribution in [0.2, 0.25) is 0 Å². The van der Waals surface area contributed by atoms with Gasteiger partial charge in [-0.3, -0.25) is 0 Å². The molecule has 0 aliphatic heterocycles. The van der Waals surface area contributed by atoms with Gasteiger partial charge in [-0.1, -0.05) is 45.2 Å². The molecule has 0 fully saturated rings. The fourth-order valence-electron chi connectivity index (χ4n) is 2.62. The molecule has 0 amide bonds. The maximum Gasteiger partial charge on any atom is 0.127 e. The summed E-state index contributed by atoms with van der Waals surface area (Å²) in [6, 6.07) is 4.09. The van der Waals surface area contributed by atoms with Gasteiger partial charge in [0.25, 0.3) is 0 Å². The number of benzene rings is 1. The second-order valence-corrected chi connectivity index (χ2v) is 5.39. The average molecular weight is 264 g/mol. The fourth-order valence-corrected chi connectivity index (χ4v) is 2.62. The van der Waals surface area contributed by atoms with Crippen LogP contribution in [0.25, 0.3) is 0 Å². The van der Waals surface area contributed by atoms with Crippen LogP contribution in [-0.2, 0) is 0 Å². The Balaban J connectivity index is 3.03. The standard InChI is InChI=1S/C17H28O2/c1-6-8-9-14(7-2)16(18)15-11-10-12(3)13(4)17(15)19-5/h10-11,14,16,18H,6-9H2,1-5H3. The summed E-state index contributed by atoms with van der Waals surface area (Å²) in [7, 11) is 1.69. The molecule has 0 spiro atoms. The van der Waals surface area contributed by atoms with E-state index in [2.05, 4.69) is 33.8 Å². The highest BCUT2D eigenvalue weighted by molar-refractivity contribution is 5.46. The van der Waals surface area contributed by atoms with Gasteiger partial charge in [0.05, 0.1) is 13.2 Å². The lowest BCUT2D eigenvalue weighted by Crippen LogP contribution is -2.13. The van der Waals surface area contributed by atoms with Gasteiger partial charge in [0.2, 0.25) is 0 Å². The fraction of sp³-hybridized carbons (Fsp3) is 0.647. The van der Waals surface area contributed by atoms with Gasteiger partial charge in [0, 0.05) is 5.56 Å². The minimum Gasteiger partial charge on any atom is -0.496 e. The van der Waals surface area contributed by atoms with Crippen LogP contribution in [0.4, 0.5) is 0 Å². The summed E-state index contributed by atoms with van der Waals surface area (Å²) < 4.78 is 5.52. The molecule has 0 bridgehead atoms. The van der Waals surface area contributed by atoms with Crippen LogP contribution in [0.15, 0.2) is 12.1 Å². The van der Waals surface area contributed by atoms with E-state index >= 15 is 0 Å². The summed E-state index contributed by atoms with van der Waals surface area (Å²) in [5.41, 5.74) is 3.27. The first-order chi connectivity index (χ1) is 9.06. The van der Waals surface area contributed by atoms with Crippen LogP contribution in [0.3, 0.4) is 0 Å². The minimum absolute atomic E-state index is 0.316. The molecule has 1 N–H and O–H groups in total. The van der Waals surface area contributed by atoms with E-state index in [9.17, 15) is 5.11 Å². The maximum atomic E-state index is 10.7. The molecule has 0 saturated heterocycles. The third-order valence-electron chi connectivity index (χ3n) is 4.13. The Kier molecular flexibility index (Phi) is 6.36. The van der Waals surface area contributed by atoms with Crippen molar-refractivity contribution < 1.29 is 9.84 Å². The van der Waals surface area contributed by atoms with Crippen LogP contribution >= 0.6 is 0 Å². The lowest BCUT2D eigenvalue weighted by molar-refractivity contribution is 0.0961. The van der Waals surface area contributed by atoms with Gasteiger partial charge in [-0.15, -0.1) is 0 Å². The summed E-state index contributed by atoms with van der Waals surface area (Å²) in [5, 5.41) is 10.7. The van der Waals surface area contributed by atoms with Gasteiger partial charge in [-0.05, 0) is 37.3 Å². The Morgan fingerprint density at radius 3 is 2.42 bits per heavy atom. The van der Waals surface area contributed by atoms with Crippen molar-refractivity contribution >= 4 is 0 Å². The van der Waals surface area contributed by atoms with Gasteiger partial charge >= 0.3 is 0 Å². The maximum absolute atomic E-state index is 10.7. The van der Waals surface area contributed by atoms with E-state index in [1.165, 1.54) is 18.4 Å². The second kappa shape index (κ2) is 7.54. The van der Waals surface area contributed by atoms with Crippen molar-refractivity contribution in [2.75, 3.05) is 7.11 Å². The van der Waals surface area contributed by atoms with Crippen LogP contribution in [0.1, 0.15) is 62.3 Å². The Morgan fingerprint density at radius 1 is 1.21 bits per heavy atom. The second-order valence-electron chi connectivity index (χ2n) is 5.39. The number of methoxy groups -OCH3 is 1. The molecule has 0 heterocycles. The lowest BCUT2D eigenvalue weighted by Gasteiger charge is -2.24. The third kappa shape index (κ3) is 3.73. The Labute approximate surface area is 117 Å². The highest BCUT2D eigenvalue weighted by Gasteiger charge is 2.23. The number of ether oxygens (including phenoxy) is 1. The van der Waals surface area contributed by atoms with Crippen molar-refractivity contribution in [2.45, 2.75) is 59.5 Å². The molecule has 1 aromatic carbocycles. The minimum atomic E-state index is -0.425. The number of hydrogen-bond acceptors (Lipinski definition) is 2. The Bertz CT molecular complexity index is 398. The predicted octanol–water partition coefficient (Wildman–Crippen LogP) is 4.56. The highest BCUT2D eigenvalue weighted by Crippen LogP contribution is 2.37. The predicted molar refractivity (Wildman–Crippen MR) is 80.7 cm³/mol. The first-order valence-corrected chi connectivity index (χ1v) is 7.38. The third-order valence-corrected chi connectivity index (χ3v) is 4.13. The van der Waals surface area contributed by atoms with E-state index in [4.69, 9.17) is 4.74 Å². The van der Waals surface area contributed by atoms with Crippen molar-refractivity contribution in [3.8, 4) is 5.75 Å². The Morgan fingerprint density at radius 2 is 1.89 bits per heavy atom. The summed E-state index contributed by atoms with van der Waals surface area (Å²) in [6.07, 6.45) is 3.99. The van der Waals surface area contributed by atoms with Gasteiger partial charge < -0.3 is 9.84 Å². The van der Waals surface area contributed by atoms with Crippen molar-refractivity contribution in [2.24, 2.45) is 5.92 Å². The van der Waals surface area contributed by atoms with Crippen LogP contribution < -0.4 is 4.74 Å². The summed E-state index contributed by atoms with van der Waals surface area (Å²) >= 11 is 0. The monoisotopic (exact) mass is 264 g/mol. The molecule has 1 rings (SSSR count). The zero-order valence-electron chi connectivity index (χ0n) is 13.0. The topological polar surface area (TPSA) is 29.5 Å². The largest absolute Gasteiger partial charge is 0.496 e. The highest BCUT2D eigenvalue weighted by atomic mass is 16.5. The van der Waals surface area contributed by atoms with Crippen molar-refractivity contribution in [3.63, 3.8) is 0 Å². The molecule has 0 aliphatic rings. The molecule has 2 nitrogen and oxygen atoms in total. The van der Waals surface area contributed by atoms with Crippen LogP contribution in [0.5, 0.6) is 5.75 Å². The summed E-state index contributed by atoms with van der Waals surface area (Å²) in [4.78, 5) is 0. The zero-order valence-corrected chi connectivity index (χ0v) is 13.0. The zero-order chi connectivity index (χ0) is 14.4. The molecule has 0 aliphatic carbocycles. The summed E-state index contributed by atoms with van der Waals surface area (Å²) in [5.74, 6) is 1.17. The SMILES string of the molecule is CCCCC(CC)C(O)c1ccc(C)c(C)c1OC. The van der Waals surface area contributed by atoms with Gasteiger partial charge in [-0.25, -0.2) is 0 Å². The van der Waals surface area contributed by atoms with Gasteiger partial charge in [-0.2, -0.15) is 0 Å². The molecule has 108 valence electrons. The van der Waals surface area contributed by atoms with Crippen molar-refractivity contribution in [1.82, 2.24) is 0 Å². The van der Waals surface area contributed by atoms with E-state index in [-0.39, 0.29) is 0 Å². The lowest BCUT2D eigenvalue weighted by atomic mass is 9.87. The number of aliphatic hydroxyl groups is 1. The van der Waals surface area contributed by atoms with Crippen LogP contribution in [-0.4, -0.2) is 12.2 Å². The quantitative estimate of drug-likeness (QED) is 0.782. The molecule has 0 radical (unpaired) electrons.